The molecule has 0 saturated carbocycles. The normalized spacial score (nSPS) is 24.4. The second-order valence-electron chi connectivity index (χ2n) is 12.6. The van der Waals surface area contributed by atoms with E-state index in [4.69, 9.17) is 0 Å². The van der Waals surface area contributed by atoms with Crippen LogP contribution in [0, 0.1) is 21.7 Å². The van der Waals surface area contributed by atoms with Crippen LogP contribution in [0.2, 0.25) is 7.73 Å². The second-order valence-corrected chi connectivity index (χ2v) is 25.9. The first kappa shape index (κ1) is 24.9. The third-order valence-corrected chi connectivity index (χ3v) is 22.0. The fraction of sp³-hybridized carbons (Fsp3) is 0.692. The average molecular weight is 598 g/mol. The summed E-state index contributed by atoms with van der Waals surface area (Å²) in [7, 11) is 0. The molecule has 0 saturated heterocycles. The van der Waals surface area contributed by atoms with E-state index in [2.05, 4.69) is 107 Å². The predicted octanol–water partition coefficient (Wildman–Crippen LogP) is 7.80. The van der Waals surface area contributed by atoms with Crippen LogP contribution in [0.3, 0.4) is 0 Å². The first-order valence-corrected chi connectivity index (χ1v) is 22.4. The third-order valence-electron chi connectivity index (χ3n) is 5.71. The molecule has 0 aliphatic heterocycles. The molecular formula is C26H42Sb2. The van der Waals surface area contributed by atoms with E-state index in [0.29, 0.717) is 10.8 Å². The Morgan fingerprint density at radius 3 is 1.00 bits per heavy atom. The minimum atomic E-state index is -0.214. The molecule has 2 aliphatic carbocycles. The van der Waals surface area contributed by atoms with Crippen LogP contribution in [-0.2, 0) is 0 Å². The maximum atomic E-state index is 2.68. The van der Waals surface area contributed by atoms with Gasteiger partial charge in [0.25, 0.3) is 0 Å². The summed E-state index contributed by atoms with van der Waals surface area (Å²) in [6.07, 6.45) is 10.5. The Bertz CT molecular complexity index is 691. The fourth-order valence-corrected chi connectivity index (χ4v) is 22.0. The molecule has 2 aliphatic rings. The summed E-state index contributed by atoms with van der Waals surface area (Å²) in [4.78, 5) is 0. The number of hydrogen-bond donors (Lipinski definition) is 0. The molecule has 0 heterocycles. The van der Waals surface area contributed by atoms with Crippen LogP contribution >= 0.6 is 0 Å². The van der Waals surface area contributed by atoms with E-state index < -0.39 is 0 Å². The molecule has 0 aromatic heterocycles. The topological polar surface area (TPSA) is 0 Å². The van der Waals surface area contributed by atoms with Gasteiger partial charge < -0.3 is 0 Å². The van der Waals surface area contributed by atoms with Crippen LogP contribution in [0.15, 0.2) is 46.6 Å². The minimum absolute atomic E-state index is 0.214. The number of hydrogen-bond acceptors (Lipinski definition) is 0. The Morgan fingerprint density at radius 1 is 0.500 bits per heavy atom. The first-order chi connectivity index (χ1) is 12.4. The zero-order valence-electron chi connectivity index (χ0n) is 20.4. The van der Waals surface area contributed by atoms with Crippen molar-refractivity contribution < 1.29 is 0 Å². The molecule has 0 amide bonds. The van der Waals surface area contributed by atoms with Gasteiger partial charge in [-0.15, -0.1) is 0 Å². The van der Waals surface area contributed by atoms with Crippen molar-refractivity contribution in [3.8, 4) is 0 Å². The van der Waals surface area contributed by atoms with E-state index in [9.17, 15) is 0 Å². The Labute approximate surface area is 191 Å². The standard InChI is InChI=1S/2C13H21.2Sb/c2*1-12(2,3)10-7-8-11(9-10)13(4,5)6;;/h2*7-9H,1-6H3;;. The van der Waals surface area contributed by atoms with Crippen LogP contribution in [0.4, 0.5) is 0 Å². The zero-order valence-corrected chi connectivity index (χ0v) is 25.5. The Hall–Kier alpha value is 0.596. The molecule has 2 unspecified atom stereocenters. The Morgan fingerprint density at radius 2 is 0.786 bits per heavy atom. The average Bonchev–Trinajstić information content (AvgIpc) is 3.07. The predicted molar refractivity (Wildman–Crippen MR) is 129 cm³/mol. The molecule has 2 rings (SSSR count). The first-order valence-electron chi connectivity index (χ1n) is 10.7. The number of rotatable bonds is 2. The van der Waals surface area contributed by atoms with Crippen molar-refractivity contribution in [1.82, 2.24) is 0 Å². The molecule has 0 nitrogen and oxygen atoms in total. The maximum absolute atomic E-state index is 2.68. The van der Waals surface area contributed by atoms with Crippen LogP contribution < -0.4 is 0 Å². The second kappa shape index (κ2) is 8.27. The quantitative estimate of drug-likeness (QED) is 0.285. The fourth-order valence-electron chi connectivity index (χ4n) is 3.71. The van der Waals surface area contributed by atoms with Crippen molar-refractivity contribution >= 4 is 33.7 Å². The van der Waals surface area contributed by atoms with Crippen molar-refractivity contribution in [2.45, 2.75) is 90.8 Å². The van der Waals surface area contributed by atoms with Gasteiger partial charge in [0.05, 0.1) is 0 Å². The summed E-state index contributed by atoms with van der Waals surface area (Å²) >= 11 is -0.428. The van der Waals surface area contributed by atoms with Crippen molar-refractivity contribution in [2.24, 2.45) is 21.7 Å². The van der Waals surface area contributed by atoms with Crippen molar-refractivity contribution in [3.63, 3.8) is 0 Å². The van der Waals surface area contributed by atoms with Gasteiger partial charge in [-0.05, 0) is 0 Å². The molecule has 28 heavy (non-hydrogen) atoms. The molecule has 2 atom stereocenters. The molecule has 0 fully saturated rings. The summed E-state index contributed by atoms with van der Waals surface area (Å²) in [6, 6.07) is 0. The van der Waals surface area contributed by atoms with Gasteiger partial charge in [0.1, 0.15) is 0 Å². The third kappa shape index (κ3) is 6.07. The molecule has 0 radical (unpaired) electrons. The van der Waals surface area contributed by atoms with Crippen LogP contribution in [0.1, 0.15) is 83.1 Å². The van der Waals surface area contributed by atoms with Crippen molar-refractivity contribution in [2.75, 3.05) is 0 Å². The van der Waals surface area contributed by atoms with Crippen LogP contribution in [-0.4, -0.2) is 33.7 Å². The van der Waals surface area contributed by atoms with Crippen molar-refractivity contribution in [3.05, 3.63) is 46.6 Å². The van der Waals surface area contributed by atoms with Gasteiger partial charge in [0.2, 0.25) is 0 Å². The van der Waals surface area contributed by atoms with E-state index in [1.54, 1.807) is 22.3 Å². The van der Waals surface area contributed by atoms with Gasteiger partial charge in [0, 0.05) is 0 Å². The van der Waals surface area contributed by atoms with E-state index in [0.717, 1.165) is 7.73 Å². The SMILES string of the molecule is CC(C)(C)C1=C[CH]([Sb]=[Sb][CH]2C=C(C(C)(C)C)C=C2C(C)(C)C)C(C(C)(C)C)=C1. The molecule has 0 spiro atoms. The van der Waals surface area contributed by atoms with E-state index >= 15 is 0 Å². The van der Waals surface area contributed by atoms with Gasteiger partial charge in [-0.1, -0.05) is 0 Å². The summed E-state index contributed by atoms with van der Waals surface area (Å²) < 4.78 is 1.60. The van der Waals surface area contributed by atoms with Gasteiger partial charge in [0.15, 0.2) is 0 Å². The van der Waals surface area contributed by atoms with Gasteiger partial charge in [-0.2, -0.15) is 0 Å². The van der Waals surface area contributed by atoms with Crippen LogP contribution in [0.5, 0.6) is 0 Å². The zero-order chi connectivity index (χ0) is 21.7. The Balaban J connectivity index is 2.40. The molecule has 2 heteroatoms. The van der Waals surface area contributed by atoms with Gasteiger partial charge in [-0.25, -0.2) is 0 Å². The summed E-state index contributed by atoms with van der Waals surface area (Å²) in [5, 5.41) is 0. The Kier molecular flexibility index (Phi) is 7.34. The van der Waals surface area contributed by atoms with E-state index in [-0.39, 0.29) is 44.5 Å². The van der Waals surface area contributed by atoms with Crippen LogP contribution in [0.25, 0.3) is 0 Å². The summed E-state index contributed by atoms with van der Waals surface area (Å²) in [5.74, 6) is 0. The molecule has 0 aromatic carbocycles. The molecule has 0 bridgehead atoms. The van der Waals surface area contributed by atoms with Gasteiger partial charge in [-0.3, -0.25) is 0 Å². The van der Waals surface area contributed by atoms with E-state index in [1.165, 1.54) is 0 Å². The summed E-state index contributed by atoms with van der Waals surface area (Å²) in [6.45, 7) is 28.7. The van der Waals surface area contributed by atoms with Gasteiger partial charge >= 0.3 is 193 Å². The molecule has 0 N–H and O–H groups in total. The molecular weight excluding hydrogens is 556 g/mol. The monoisotopic (exact) mass is 596 g/mol. The number of allylic oxidation sites excluding steroid dienone is 8. The molecule has 156 valence electrons. The summed E-state index contributed by atoms with van der Waals surface area (Å²) in [5.41, 5.74) is 7.75. The molecule has 0 aromatic rings. The van der Waals surface area contributed by atoms with Crippen molar-refractivity contribution in [1.29, 1.82) is 0 Å². The van der Waals surface area contributed by atoms with E-state index in [1.807, 2.05) is 0 Å².